The highest BCUT2D eigenvalue weighted by Crippen LogP contribution is 2.30. The minimum atomic E-state index is -0.0139. The van der Waals surface area contributed by atoms with Crippen molar-refractivity contribution in [1.29, 1.82) is 0 Å². The molecule has 10 heteroatoms. The number of ether oxygens (including phenoxy) is 2. The highest BCUT2D eigenvalue weighted by molar-refractivity contribution is 7.21. The van der Waals surface area contributed by atoms with Crippen LogP contribution in [-0.4, -0.2) is 59.0 Å². The van der Waals surface area contributed by atoms with Crippen LogP contribution in [0.1, 0.15) is 16.1 Å². The summed E-state index contributed by atoms with van der Waals surface area (Å²) in [4.78, 5) is 31.4. The van der Waals surface area contributed by atoms with Gasteiger partial charge in [-0.05, 0) is 30.3 Å². The van der Waals surface area contributed by atoms with Crippen LogP contribution in [-0.2, 0) is 6.61 Å². The van der Waals surface area contributed by atoms with Crippen molar-refractivity contribution in [3.05, 3.63) is 58.7 Å². The number of hydrogen-bond acceptors (Lipinski definition) is 9. The molecule has 0 N–H and O–H groups in total. The van der Waals surface area contributed by atoms with Gasteiger partial charge in [0.1, 0.15) is 17.0 Å². The predicted octanol–water partition coefficient (Wildman–Crippen LogP) is 3.70. The summed E-state index contributed by atoms with van der Waals surface area (Å²) in [7, 11) is 1.57. The van der Waals surface area contributed by atoms with E-state index in [0.717, 1.165) is 34.3 Å². The molecule has 1 amide bonds. The fourth-order valence-electron chi connectivity index (χ4n) is 3.56. The van der Waals surface area contributed by atoms with Crippen LogP contribution in [0.4, 0.5) is 5.13 Å². The van der Waals surface area contributed by atoms with Gasteiger partial charge in [-0.2, -0.15) is 0 Å². The summed E-state index contributed by atoms with van der Waals surface area (Å²) < 4.78 is 11.3. The molecule has 0 bridgehead atoms. The minimum Gasteiger partial charge on any atom is -0.493 e. The monoisotopic (exact) mass is 467 g/mol. The molecule has 0 unspecified atom stereocenters. The van der Waals surface area contributed by atoms with Gasteiger partial charge in [0, 0.05) is 43.3 Å². The second kappa shape index (κ2) is 9.09. The molecule has 5 rings (SSSR count). The highest BCUT2D eigenvalue weighted by atomic mass is 32.1. The number of pyridine rings is 1. The van der Waals surface area contributed by atoms with E-state index in [4.69, 9.17) is 9.47 Å². The lowest BCUT2D eigenvalue weighted by atomic mass is 10.1. The number of benzene rings is 1. The lowest BCUT2D eigenvalue weighted by molar-refractivity contribution is 0.0746. The number of thiazole rings is 2. The number of anilines is 1. The Balaban J connectivity index is 1.23. The Morgan fingerprint density at radius 1 is 1.12 bits per heavy atom. The molecule has 4 aromatic rings. The summed E-state index contributed by atoms with van der Waals surface area (Å²) >= 11 is 3.11. The summed E-state index contributed by atoms with van der Waals surface area (Å²) in [5.74, 6) is 1.11. The first-order chi connectivity index (χ1) is 15.7. The molecule has 0 aliphatic carbocycles. The molecule has 4 heterocycles. The molecule has 1 aromatic carbocycles. The molecule has 3 aromatic heterocycles. The van der Waals surface area contributed by atoms with E-state index in [9.17, 15) is 4.79 Å². The second-order valence-corrected chi connectivity index (χ2v) is 8.91. The van der Waals surface area contributed by atoms with Crippen LogP contribution in [0.15, 0.2) is 47.4 Å². The third-order valence-corrected chi connectivity index (χ3v) is 6.94. The van der Waals surface area contributed by atoms with E-state index in [1.165, 1.54) is 11.3 Å². The van der Waals surface area contributed by atoms with Crippen molar-refractivity contribution in [2.24, 2.45) is 0 Å². The van der Waals surface area contributed by atoms with Crippen molar-refractivity contribution in [3.63, 3.8) is 0 Å². The van der Waals surface area contributed by atoms with Crippen LogP contribution in [0.25, 0.3) is 10.3 Å². The van der Waals surface area contributed by atoms with Crippen LogP contribution in [0.2, 0.25) is 0 Å². The first-order valence-electron chi connectivity index (χ1n) is 10.1. The van der Waals surface area contributed by atoms with Crippen molar-refractivity contribution in [2.75, 3.05) is 38.2 Å². The van der Waals surface area contributed by atoms with Crippen LogP contribution < -0.4 is 14.4 Å². The summed E-state index contributed by atoms with van der Waals surface area (Å²) in [5, 5.41) is 2.89. The van der Waals surface area contributed by atoms with Gasteiger partial charge < -0.3 is 19.3 Å². The maximum Gasteiger partial charge on any atom is 0.254 e. The Morgan fingerprint density at radius 2 is 2.00 bits per heavy atom. The van der Waals surface area contributed by atoms with Crippen LogP contribution in [0.5, 0.6) is 11.5 Å². The molecule has 0 saturated carbocycles. The summed E-state index contributed by atoms with van der Waals surface area (Å²) in [6.07, 6.45) is 1.78. The fourth-order valence-corrected chi connectivity index (χ4v) is 5.06. The number of amides is 1. The van der Waals surface area contributed by atoms with E-state index < -0.39 is 0 Å². The Bertz CT molecular complexity index is 1190. The van der Waals surface area contributed by atoms with Crippen molar-refractivity contribution < 1.29 is 14.3 Å². The minimum absolute atomic E-state index is 0.0139. The molecular formula is C22H21N5O3S2. The molecule has 0 radical (unpaired) electrons. The average molecular weight is 468 g/mol. The average Bonchev–Trinajstić information content (AvgIpc) is 3.52. The van der Waals surface area contributed by atoms with Gasteiger partial charge in [0.15, 0.2) is 16.6 Å². The van der Waals surface area contributed by atoms with Gasteiger partial charge in [-0.15, -0.1) is 11.3 Å². The third-order valence-electron chi connectivity index (χ3n) is 5.26. The van der Waals surface area contributed by atoms with E-state index in [1.54, 1.807) is 48.4 Å². The van der Waals surface area contributed by atoms with Crippen molar-refractivity contribution >= 4 is 44.1 Å². The fraction of sp³-hybridized carbons (Fsp3) is 0.273. The van der Waals surface area contributed by atoms with E-state index in [1.807, 2.05) is 22.4 Å². The van der Waals surface area contributed by atoms with Crippen molar-refractivity contribution in [3.8, 4) is 11.5 Å². The maximum absolute atomic E-state index is 13.1. The summed E-state index contributed by atoms with van der Waals surface area (Å²) in [5.41, 5.74) is 4.13. The zero-order valence-corrected chi connectivity index (χ0v) is 19.1. The molecule has 0 atom stereocenters. The number of carbonyl (C=O) groups is 1. The molecule has 1 aliphatic heterocycles. The van der Waals surface area contributed by atoms with E-state index in [-0.39, 0.29) is 5.91 Å². The smallest absolute Gasteiger partial charge is 0.254 e. The Kier molecular flexibility index (Phi) is 5.87. The largest absolute Gasteiger partial charge is 0.493 e. The molecule has 0 spiro atoms. The number of aromatic nitrogens is 3. The molecule has 8 nitrogen and oxygen atoms in total. The Labute approximate surface area is 193 Å². The van der Waals surface area contributed by atoms with E-state index in [0.29, 0.717) is 36.8 Å². The first-order valence-corrected chi connectivity index (χ1v) is 11.9. The van der Waals surface area contributed by atoms with Crippen LogP contribution >= 0.6 is 22.7 Å². The number of carbonyl (C=O) groups excluding carboxylic acids is 1. The second-order valence-electron chi connectivity index (χ2n) is 7.24. The third kappa shape index (κ3) is 4.23. The van der Waals surface area contributed by atoms with Gasteiger partial charge in [0.2, 0.25) is 0 Å². The topological polar surface area (TPSA) is 80.7 Å². The summed E-state index contributed by atoms with van der Waals surface area (Å²) in [6.45, 7) is 3.09. The zero-order chi connectivity index (χ0) is 21.9. The number of rotatable bonds is 6. The van der Waals surface area contributed by atoms with Gasteiger partial charge in [0.05, 0.1) is 18.3 Å². The number of piperazine rings is 1. The standard InChI is InChI=1S/C22H21N5O3S2/c1-29-19-11-15(4-5-18(19)30-12-16-13-31-14-24-16)21(28)26-7-9-27(10-8-26)22-25-17-3-2-6-23-20(17)32-22/h2-6,11,13-14H,7-10,12H2,1H3. The lowest BCUT2D eigenvalue weighted by Crippen LogP contribution is -2.48. The Hall–Kier alpha value is -3.24. The molecule has 164 valence electrons. The van der Waals surface area contributed by atoms with E-state index in [2.05, 4.69) is 19.9 Å². The molecule has 1 fully saturated rings. The van der Waals surface area contributed by atoms with Crippen LogP contribution in [0, 0.1) is 0 Å². The molecule has 32 heavy (non-hydrogen) atoms. The molecule has 1 aliphatic rings. The normalized spacial score (nSPS) is 14.0. The van der Waals surface area contributed by atoms with Gasteiger partial charge in [-0.1, -0.05) is 11.3 Å². The summed E-state index contributed by atoms with van der Waals surface area (Å²) in [6, 6.07) is 9.17. The first kappa shape index (κ1) is 20.7. The van der Waals surface area contributed by atoms with E-state index >= 15 is 0 Å². The maximum atomic E-state index is 13.1. The quantitative estimate of drug-likeness (QED) is 0.428. The van der Waals surface area contributed by atoms with Gasteiger partial charge in [-0.25, -0.2) is 15.0 Å². The van der Waals surface area contributed by atoms with Crippen molar-refractivity contribution in [1.82, 2.24) is 19.9 Å². The molecular weight excluding hydrogens is 446 g/mol. The lowest BCUT2D eigenvalue weighted by Gasteiger charge is -2.34. The van der Waals surface area contributed by atoms with Gasteiger partial charge in [-0.3, -0.25) is 4.79 Å². The number of methoxy groups -OCH3 is 1. The van der Waals surface area contributed by atoms with Gasteiger partial charge in [0.25, 0.3) is 5.91 Å². The molecule has 1 saturated heterocycles. The highest BCUT2D eigenvalue weighted by Gasteiger charge is 2.25. The van der Waals surface area contributed by atoms with Gasteiger partial charge >= 0.3 is 0 Å². The number of nitrogens with zero attached hydrogens (tertiary/aromatic N) is 5. The predicted molar refractivity (Wildman–Crippen MR) is 125 cm³/mol. The van der Waals surface area contributed by atoms with Crippen LogP contribution in [0.3, 0.4) is 0 Å². The number of hydrogen-bond donors (Lipinski definition) is 0. The Morgan fingerprint density at radius 3 is 2.75 bits per heavy atom. The number of fused-ring (bicyclic) bond motifs is 1. The SMILES string of the molecule is COc1cc(C(=O)N2CCN(c3nc4cccnc4s3)CC2)ccc1OCc1cscn1. The van der Waals surface area contributed by atoms with Crippen molar-refractivity contribution in [2.45, 2.75) is 6.61 Å². The zero-order valence-electron chi connectivity index (χ0n) is 17.4.